The molecule has 20 heavy (non-hydrogen) atoms. The normalized spacial score (nSPS) is 19.0. The minimum Gasteiger partial charge on any atom is -0.461 e. The maximum absolute atomic E-state index is 11.6. The van der Waals surface area contributed by atoms with Gasteiger partial charge in [0.25, 0.3) is 0 Å². The first-order valence-electron chi connectivity index (χ1n) is 7.15. The van der Waals surface area contributed by atoms with E-state index in [1.54, 1.807) is 17.7 Å². The number of carbonyl (C=O) groups is 1. The van der Waals surface area contributed by atoms with Crippen molar-refractivity contribution in [3.8, 4) is 0 Å². The Hall–Kier alpha value is -1.40. The lowest BCUT2D eigenvalue weighted by Gasteiger charge is -2.22. The molecule has 112 valence electrons. The largest absolute Gasteiger partial charge is 0.461 e. The van der Waals surface area contributed by atoms with Crippen molar-refractivity contribution in [2.24, 2.45) is 0 Å². The van der Waals surface area contributed by atoms with Crippen LogP contribution in [0, 0.1) is 6.92 Å². The van der Waals surface area contributed by atoms with E-state index in [1.165, 1.54) is 0 Å². The van der Waals surface area contributed by atoms with Gasteiger partial charge in [-0.2, -0.15) is 5.10 Å². The van der Waals surface area contributed by atoms with E-state index >= 15 is 0 Å². The summed E-state index contributed by atoms with van der Waals surface area (Å²) < 4.78 is 17.8. The second-order valence-corrected chi connectivity index (χ2v) is 4.78. The third kappa shape index (κ3) is 4.05. The fourth-order valence-electron chi connectivity index (χ4n) is 2.15. The zero-order chi connectivity index (χ0) is 14.4. The van der Waals surface area contributed by atoms with Gasteiger partial charge in [0, 0.05) is 12.3 Å². The molecule has 1 fully saturated rings. The van der Waals surface area contributed by atoms with Gasteiger partial charge in [0.05, 0.1) is 19.8 Å². The van der Waals surface area contributed by atoms with E-state index in [9.17, 15) is 4.79 Å². The molecule has 0 bridgehead atoms. The molecular formula is C14H22N2O4. The van der Waals surface area contributed by atoms with E-state index in [0.717, 1.165) is 31.6 Å². The van der Waals surface area contributed by atoms with Gasteiger partial charge < -0.3 is 14.2 Å². The van der Waals surface area contributed by atoms with Crippen LogP contribution in [-0.4, -0.2) is 41.9 Å². The monoisotopic (exact) mass is 282 g/mol. The third-order valence-corrected chi connectivity index (χ3v) is 3.21. The van der Waals surface area contributed by atoms with Crippen molar-refractivity contribution in [1.29, 1.82) is 0 Å². The van der Waals surface area contributed by atoms with Gasteiger partial charge in [0.1, 0.15) is 0 Å². The van der Waals surface area contributed by atoms with E-state index in [4.69, 9.17) is 14.2 Å². The molecule has 0 amide bonds. The summed E-state index contributed by atoms with van der Waals surface area (Å²) in [5.41, 5.74) is 1.26. The molecule has 0 radical (unpaired) electrons. The van der Waals surface area contributed by atoms with Crippen LogP contribution < -0.4 is 0 Å². The van der Waals surface area contributed by atoms with Gasteiger partial charge in [-0.1, -0.05) is 0 Å². The standard InChI is InChI=1S/C14H22N2O4/c1-3-18-14(17)12-10-11(2)16(15-12)7-9-20-13-6-4-5-8-19-13/h10,13H,3-9H2,1-2H3. The lowest BCUT2D eigenvalue weighted by molar-refractivity contribution is -0.163. The van der Waals surface area contributed by atoms with Gasteiger partial charge in [-0.3, -0.25) is 4.68 Å². The molecule has 0 aliphatic carbocycles. The average Bonchev–Trinajstić information content (AvgIpc) is 2.82. The zero-order valence-corrected chi connectivity index (χ0v) is 12.1. The van der Waals surface area contributed by atoms with Crippen molar-refractivity contribution in [1.82, 2.24) is 9.78 Å². The Bertz CT molecular complexity index is 438. The van der Waals surface area contributed by atoms with Gasteiger partial charge >= 0.3 is 5.97 Å². The Kier molecular flexibility index (Phi) is 5.55. The molecule has 1 aliphatic rings. The minimum absolute atomic E-state index is 0.0934. The van der Waals surface area contributed by atoms with Crippen LogP contribution in [0.1, 0.15) is 42.4 Å². The van der Waals surface area contributed by atoms with Crippen LogP contribution in [0.15, 0.2) is 6.07 Å². The number of rotatable bonds is 6. The van der Waals surface area contributed by atoms with E-state index in [2.05, 4.69) is 5.10 Å². The molecule has 2 rings (SSSR count). The second kappa shape index (κ2) is 7.40. The van der Waals surface area contributed by atoms with Crippen molar-refractivity contribution >= 4 is 5.97 Å². The van der Waals surface area contributed by atoms with Crippen molar-refractivity contribution in [2.45, 2.75) is 45.9 Å². The van der Waals surface area contributed by atoms with E-state index in [1.807, 2.05) is 6.92 Å². The molecule has 1 saturated heterocycles. The number of aromatic nitrogens is 2. The molecule has 6 nitrogen and oxygen atoms in total. The van der Waals surface area contributed by atoms with Crippen LogP contribution in [0.2, 0.25) is 0 Å². The maximum Gasteiger partial charge on any atom is 0.358 e. The first-order chi connectivity index (χ1) is 9.70. The Balaban J connectivity index is 1.81. The average molecular weight is 282 g/mol. The summed E-state index contributed by atoms with van der Waals surface area (Å²) in [6.45, 7) is 5.94. The highest BCUT2D eigenvalue weighted by molar-refractivity contribution is 5.87. The maximum atomic E-state index is 11.6. The summed E-state index contributed by atoms with van der Waals surface area (Å²) >= 11 is 0. The summed E-state index contributed by atoms with van der Waals surface area (Å²) in [5, 5.41) is 4.23. The number of nitrogens with zero attached hydrogens (tertiary/aromatic N) is 2. The molecule has 1 unspecified atom stereocenters. The Morgan fingerprint density at radius 3 is 3.10 bits per heavy atom. The highest BCUT2D eigenvalue weighted by atomic mass is 16.7. The summed E-state index contributed by atoms with van der Waals surface area (Å²) in [6, 6.07) is 1.73. The summed E-state index contributed by atoms with van der Waals surface area (Å²) in [5.74, 6) is -0.383. The number of hydrogen-bond donors (Lipinski definition) is 0. The van der Waals surface area contributed by atoms with Gasteiger partial charge in [-0.15, -0.1) is 0 Å². The van der Waals surface area contributed by atoms with Crippen molar-refractivity contribution in [3.05, 3.63) is 17.5 Å². The highest BCUT2D eigenvalue weighted by Crippen LogP contribution is 2.13. The molecule has 0 aromatic carbocycles. The van der Waals surface area contributed by atoms with Crippen LogP contribution in [0.3, 0.4) is 0 Å². The summed E-state index contributed by atoms with van der Waals surface area (Å²) in [6.07, 6.45) is 3.12. The lowest BCUT2D eigenvalue weighted by Crippen LogP contribution is -2.24. The number of ether oxygens (including phenoxy) is 3. The van der Waals surface area contributed by atoms with Gasteiger partial charge in [-0.25, -0.2) is 4.79 Å². The third-order valence-electron chi connectivity index (χ3n) is 3.21. The van der Waals surface area contributed by atoms with Gasteiger partial charge in [-0.05, 0) is 39.2 Å². The summed E-state index contributed by atoms with van der Waals surface area (Å²) in [7, 11) is 0. The molecule has 2 heterocycles. The molecule has 6 heteroatoms. The Morgan fingerprint density at radius 2 is 2.40 bits per heavy atom. The molecule has 1 aromatic heterocycles. The van der Waals surface area contributed by atoms with Crippen molar-refractivity contribution < 1.29 is 19.0 Å². The van der Waals surface area contributed by atoms with Crippen LogP contribution in [-0.2, 0) is 20.8 Å². The molecule has 1 atom stereocenters. The lowest BCUT2D eigenvalue weighted by atomic mass is 10.2. The molecule has 1 aliphatic heterocycles. The fraction of sp³-hybridized carbons (Fsp3) is 0.714. The smallest absolute Gasteiger partial charge is 0.358 e. The number of esters is 1. The van der Waals surface area contributed by atoms with E-state index in [-0.39, 0.29) is 12.3 Å². The van der Waals surface area contributed by atoms with Crippen LogP contribution in [0.4, 0.5) is 0 Å². The zero-order valence-electron chi connectivity index (χ0n) is 12.1. The molecule has 0 N–H and O–H groups in total. The van der Waals surface area contributed by atoms with Crippen LogP contribution >= 0.6 is 0 Å². The number of aryl methyl sites for hydroxylation is 1. The molecular weight excluding hydrogens is 260 g/mol. The van der Waals surface area contributed by atoms with Gasteiger partial charge in [0.15, 0.2) is 12.0 Å². The minimum atomic E-state index is -0.383. The topological polar surface area (TPSA) is 62.6 Å². The quantitative estimate of drug-likeness (QED) is 0.746. The van der Waals surface area contributed by atoms with Crippen LogP contribution in [0.5, 0.6) is 0 Å². The Morgan fingerprint density at radius 1 is 1.55 bits per heavy atom. The number of hydrogen-bond acceptors (Lipinski definition) is 5. The SMILES string of the molecule is CCOC(=O)c1cc(C)n(CCOC2CCCCO2)n1. The number of carbonyl (C=O) groups excluding carboxylic acids is 1. The molecule has 0 saturated carbocycles. The van der Waals surface area contributed by atoms with Crippen molar-refractivity contribution in [3.63, 3.8) is 0 Å². The van der Waals surface area contributed by atoms with Crippen LogP contribution in [0.25, 0.3) is 0 Å². The molecule has 0 spiro atoms. The van der Waals surface area contributed by atoms with Gasteiger partial charge in [0.2, 0.25) is 0 Å². The van der Waals surface area contributed by atoms with Crippen molar-refractivity contribution in [2.75, 3.05) is 19.8 Å². The van der Waals surface area contributed by atoms with E-state index in [0.29, 0.717) is 25.5 Å². The fourth-order valence-corrected chi connectivity index (χ4v) is 2.15. The Labute approximate surface area is 119 Å². The first-order valence-corrected chi connectivity index (χ1v) is 7.15. The highest BCUT2D eigenvalue weighted by Gasteiger charge is 2.15. The molecule has 1 aromatic rings. The predicted molar refractivity (Wildman–Crippen MR) is 72.5 cm³/mol. The summed E-state index contributed by atoms with van der Waals surface area (Å²) in [4.78, 5) is 11.6. The van der Waals surface area contributed by atoms with E-state index < -0.39 is 0 Å². The predicted octanol–water partition coefficient (Wildman–Crippen LogP) is 1.91. The second-order valence-electron chi connectivity index (χ2n) is 4.78. The first kappa shape index (κ1) is 15.0.